The zero-order valence-electron chi connectivity index (χ0n) is 11.5. The van der Waals surface area contributed by atoms with Gasteiger partial charge in [0.1, 0.15) is 0 Å². The number of halogens is 1. The van der Waals surface area contributed by atoms with Gasteiger partial charge in [-0.15, -0.1) is 0 Å². The van der Waals surface area contributed by atoms with E-state index in [1.54, 1.807) is 0 Å². The molecule has 0 saturated carbocycles. The molecule has 0 aliphatic heterocycles. The van der Waals surface area contributed by atoms with E-state index in [1.807, 2.05) is 0 Å². The molecule has 0 aliphatic rings. The molecule has 0 amide bonds. The molecule has 0 aliphatic carbocycles. The van der Waals surface area contributed by atoms with Gasteiger partial charge in [-0.3, -0.25) is 0 Å². The topological polar surface area (TPSA) is 26.0 Å². The van der Waals surface area contributed by atoms with Crippen LogP contribution in [0, 0.1) is 3.57 Å². The normalized spacial score (nSPS) is 12.6. The van der Waals surface area contributed by atoms with Crippen LogP contribution in [0.2, 0.25) is 0 Å². The van der Waals surface area contributed by atoms with Crippen LogP contribution in [0.3, 0.4) is 0 Å². The van der Waals surface area contributed by atoms with E-state index in [4.69, 9.17) is 5.73 Å². The molecular weight excluding hydrogens is 333 g/mol. The van der Waals surface area contributed by atoms with Crippen LogP contribution in [0.5, 0.6) is 0 Å². The zero-order valence-corrected chi connectivity index (χ0v) is 13.7. The third-order valence-electron chi connectivity index (χ3n) is 3.34. The fraction of sp³-hybridized carbons (Fsp3) is 0.625. The van der Waals surface area contributed by atoms with Crippen LogP contribution in [-0.4, -0.2) is 6.04 Å². The van der Waals surface area contributed by atoms with Crippen molar-refractivity contribution >= 4 is 22.6 Å². The van der Waals surface area contributed by atoms with E-state index in [0.29, 0.717) is 6.04 Å². The molecular formula is C16H26IN. The Labute approximate surface area is 126 Å². The Balaban J connectivity index is 2.10. The van der Waals surface area contributed by atoms with Crippen molar-refractivity contribution in [1.82, 2.24) is 0 Å². The quantitative estimate of drug-likeness (QED) is 0.492. The summed E-state index contributed by atoms with van der Waals surface area (Å²) in [5, 5.41) is 0. The molecule has 0 bridgehead atoms. The lowest BCUT2D eigenvalue weighted by Crippen LogP contribution is -2.22. The lowest BCUT2D eigenvalue weighted by atomic mass is 10.0. The van der Waals surface area contributed by atoms with Crippen LogP contribution in [0.4, 0.5) is 0 Å². The highest BCUT2D eigenvalue weighted by Gasteiger charge is 2.03. The van der Waals surface area contributed by atoms with E-state index in [1.165, 1.54) is 47.7 Å². The third-order valence-corrected chi connectivity index (χ3v) is 4.06. The molecule has 1 aromatic carbocycles. The van der Waals surface area contributed by atoms with Crippen molar-refractivity contribution in [3.05, 3.63) is 33.4 Å². The number of benzene rings is 1. The first kappa shape index (κ1) is 16.0. The first-order chi connectivity index (χ1) is 8.72. The summed E-state index contributed by atoms with van der Waals surface area (Å²) in [7, 11) is 0. The predicted octanol–water partition coefficient (Wildman–Crippen LogP) is 4.91. The van der Waals surface area contributed by atoms with Crippen LogP contribution >= 0.6 is 22.6 Å². The maximum absolute atomic E-state index is 6.18. The van der Waals surface area contributed by atoms with E-state index in [-0.39, 0.29) is 0 Å². The maximum atomic E-state index is 6.18. The summed E-state index contributed by atoms with van der Waals surface area (Å²) in [5.41, 5.74) is 7.55. The van der Waals surface area contributed by atoms with Crippen molar-refractivity contribution in [3.8, 4) is 0 Å². The monoisotopic (exact) mass is 359 g/mol. The second kappa shape index (κ2) is 9.79. The molecule has 1 unspecified atom stereocenters. The molecule has 0 spiro atoms. The minimum atomic E-state index is 0.330. The van der Waals surface area contributed by atoms with Gasteiger partial charge in [-0.25, -0.2) is 0 Å². The lowest BCUT2D eigenvalue weighted by molar-refractivity contribution is 0.532. The number of hydrogen-bond donors (Lipinski definition) is 1. The average molecular weight is 359 g/mol. The predicted molar refractivity (Wildman–Crippen MR) is 88.8 cm³/mol. The Kier molecular flexibility index (Phi) is 8.68. The molecule has 1 nitrogen and oxygen atoms in total. The third kappa shape index (κ3) is 7.37. The van der Waals surface area contributed by atoms with Crippen LogP contribution < -0.4 is 5.73 Å². The molecule has 102 valence electrons. The van der Waals surface area contributed by atoms with E-state index < -0.39 is 0 Å². The minimum Gasteiger partial charge on any atom is -0.327 e. The molecule has 2 N–H and O–H groups in total. The molecule has 0 fully saturated rings. The molecule has 18 heavy (non-hydrogen) atoms. The van der Waals surface area contributed by atoms with Gasteiger partial charge >= 0.3 is 0 Å². The van der Waals surface area contributed by atoms with Gasteiger partial charge in [0.15, 0.2) is 0 Å². The van der Waals surface area contributed by atoms with Gasteiger partial charge in [0.05, 0.1) is 0 Å². The molecule has 0 radical (unpaired) electrons. The van der Waals surface area contributed by atoms with Crippen LogP contribution in [0.25, 0.3) is 0 Å². The summed E-state index contributed by atoms with van der Waals surface area (Å²) in [6.45, 7) is 2.26. The molecule has 0 heterocycles. The summed E-state index contributed by atoms with van der Waals surface area (Å²) in [6, 6.07) is 9.04. The standard InChI is InChI=1S/C16H26IN/c1-2-3-4-5-6-7-8-16(18)13-14-9-11-15(17)12-10-14/h9-12,16H,2-8,13,18H2,1H3. The number of nitrogens with two attached hydrogens (primary N) is 1. The van der Waals surface area contributed by atoms with E-state index in [9.17, 15) is 0 Å². The molecule has 0 saturated heterocycles. The Morgan fingerprint density at radius 1 is 1.00 bits per heavy atom. The van der Waals surface area contributed by atoms with Crippen LogP contribution in [-0.2, 0) is 6.42 Å². The average Bonchev–Trinajstić information content (AvgIpc) is 2.36. The smallest absolute Gasteiger partial charge is 0.0130 e. The van der Waals surface area contributed by atoms with Crippen molar-refractivity contribution in [3.63, 3.8) is 0 Å². The number of hydrogen-bond acceptors (Lipinski definition) is 1. The van der Waals surface area contributed by atoms with Gasteiger partial charge in [-0.05, 0) is 53.1 Å². The Morgan fingerprint density at radius 3 is 2.28 bits per heavy atom. The number of rotatable bonds is 9. The zero-order chi connectivity index (χ0) is 13.2. The highest BCUT2D eigenvalue weighted by Crippen LogP contribution is 2.12. The summed E-state index contributed by atoms with van der Waals surface area (Å²) in [6.07, 6.45) is 10.3. The maximum Gasteiger partial charge on any atom is 0.0130 e. The highest BCUT2D eigenvalue weighted by molar-refractivity contribution is 14.1. The van der Waals surface area contributed by atoms with Gasteiger partial charge in [0.2, 0.25) is 0 Å². The van der Waals surface area contributed by atoms with Gasteiger partial charge < -0.3 is 5.73 Å². The lowest BCUT2D eigenvalue weighted by Gasteiger charge is -2.11. The molecule has 1 atom stereocenters. The second-order valence-corrected chi connectivity index (χ2v) is 6.39. The molecule has 1 aromatic rings. The summed E-state index contributed by atoms with van der Waals surface area (Å²) < 4.78 is 1.29. The second-order valence-electron chi connectivity index (χ2n) is 5.15. The van der Waals surface area contributed by atoms with E-state index >= 15 is 0 Å². The SMILES string of the molecule is CCCCCCCCC(N)Cc1ccc(I)cc1. The number of unbranched alkanes of at least 4 members (excludes halogenated alkanes) is 5. The van der Waals surface area contributed by atoms with Crippen molar-refractivity contribution in [2.24, 2.45) is 5.73 Å². The van der Waals surface area contributed by atoms with Crippen LogP contribution in [0.15, 0.2) is 24.3 Å². The highest BCUT2D eigenvalue weighted by atomic mass is 127. The molecule has 0 aromatic heterocycles. The molecule has 1 rings (SSSR count). The van der Waals surface area contributed by atoms with Crippen LogP contribution in [0.1, 0.15) is 57.4 Å². The van der Waals surface area contributed by atoms with Crippen molar-refractivity contribution in [1.29, 1.82) is 0 Å². The Hall–Kier alpha value is -0.0900. The Bertz CT molecular complexity index is 307. The first-order valence-corrected chi connectivity index (χ1v) is 8.30. The summed E-state index contributed by atoms with van der Waals surface area (Å²) in [5.74, 6) is 0. The fourth-order valence-electron chi connectivity index (χ4n) is 2.21. The van der Waals surface area contributed by atoms with Gasteiger partial charge in [0, 0.05) is 9.61 Å². The van der Waals surface area contributed by atoms with Gasteiger partial charge in [0.25, 0.3) is 0 Å². The van der Waals surface area contributed by atoms with Crippen molar-refractivity contribution < 1.29 is 0 Å². The van der Waals surface area contributed by atoms with Gasteiger partial charge in [-0.1, -0.05) is 57.6 Å². The van der Waals surface area contributed by atoms with Crippen molar-refractivity contribution in [2.75, 3.05) is 0 Å². The summed E-state index contributed by atoms with van der Waals surface area (Å²) in [4.78, 5) is 0. The van der Waals surface area contributed by atoms with Gasteiger partial charge in [-0.2, -0.15) is 0 Å². The first-order valence-electron chi connectivity index (χ1n) is 7.22. The van der Waals surface area contributed by atoms with E-state index in [2.05, 4.69) is 53.8 Å². The van der Waals surface area contributed by atoms with Crippen molar-refractivity contribution in [2.45, 2.75) is 64.3 Å². The minimum absolute atomic E-state index is 0.330. The van der Waals surface area contributed by atoms with E-state index in [0.717, 1.165) is 12.8 Å². The largest absolute Gasteiger partial charge is 0.327 e. The fourth-order valence-corrected chi connectivity index (χ4v) is 2.57. The summed E-state index contributed by atoms with van der Waals surface area (Å²) >= 11 is 2.34. The Morgan fingerprint density at radius 2 is 1.61 bits per heavy atom. The molecule has 2 heteroatoms.